The fourth-order valence-corrected chi connectivity index (χ4v) is 3.78. The predicted molar refractivity (Wildman–Crippen MR) is 97.7 cm³/mol. The third-order valence-corrected chi connectivity index (χ3v) is 5.40. The molecule has 1 aromatic rings. The number of carbonyl (C=O) groups is 3. The molecule has 3 rings (SSSR count). The molecule has 1 aromatic carbocycles. The number of amides is 2. The average molecular weight is 397 g/mol. The van der Waals surface area contributed by atoms with Crippen LogP contribution in [0.15, 0.2) is 18.2 Å². The van der Waals surface area contributed by atoms with Crippen molar-refractivity contribution in [3.8, 4) is 0 Å². The van der Waals surface area contributed by atoms with Gasteiger partial charge in [0.25, 0.3) is 5.91 Å². The van der Waals surface area contributed by atoms with Crippen molar-refractivity contribution in [2.75, 3.05) is 11.9 Å². The molecule has 8 heteroatoms. The number of nitrogens with one attached hydrogen (secondary N) is 1. The van der Waals surface area contributed by atoms with E-state index in [0.29, 0.717) is 12.2 Å². The lowest BCUT2D eigenvalue weighted by atomic mass is 10.1. The Hall–Kier alpha value is -2.15. The molecule has 2 fully saturated rings. The second-order valence-electron chi connectivity index (χ2n) is 7.08. The van der Waals surface area contributed by atoms with Crippen LogP contribution >= 0.6 is 11.6 Å². The van der Waals surface area contributed by atoms with Gasteiger partial charge in [-0.3, -0.25) is 14.4 Å². The molecule has 0 aromatic heterocycles. The fraction of sp³-hybridized carbons (Fsp3) is 0.526. The van der Waals surface area contributed by atoms with E-state index in [-0.39, 0.29) is 23.4 Å². The lowest BCUT2D eigenvalue weighted by molar-refractivity contribution is -0.157. The van der Waals surface area contributed by atoms with Gasteiger partial charge in [0, 0.05) is 24.7 Å². The molecule has 2 atom stereocenters. The molecule has 1 saturated heterocycles. The molecule has 1 N–H and O–H groups in total. The van der Waals surface area contributed by atoms with E-state index in [1.807, 2.05) is 0 Å². The molecule has 6 nitrogen and oxygen atoms in total. The summed E-state index contributed by atoms with van der Waals surface area (Å²) in [5, 5.41) is 2.41. The normalized spacial score (nSPS) is 21.4. The molecule has 146 valence electrons. The van der Waals surface area contributed by atoms with Crippen LogP contribution in [0.25, 0.3) is 0 Å². The van der Waals surface area contributed by atoms with Crippen LogP contribution in [0.1, 0.15) is 39.0 Å². The molecule has 1 heterocycles. The number of esters is 1. The molecule has 1 saturated carbocycles. The standard InChI is InChI=1S/C19H22ClFN2O4/c1-11(18(25)22-13-6-7-16(21)15(20)9-13)27-19(26)12-8-17(24)23(10-12)14-4-2-3-5-14/h6-7,9,11-12,14H,2-5,8,10H2,1H3,(H,22,25)/t11-,12+/m1/s1. The summed E-state index contributed by atoms with van der Waals surface area (Å²) in [7, 11) is 0. The maximum absolute atomic E-state index is 13.2. The molecule has 0 bridgehead atoms. The van der Waals surface area contributed by atoms with E-state index in [2.05, 4.69) is 5.32 Å². The first kappa shape index (κ1) is 19.6. The van der Waals surface area contributed by atoms with Gasteiger partial charge in [0.2, 0.25) is 5.91 Å². The number of halogens is 2. The van der Waals surface area contributed by atoms with Gasteiger partial charge < -0.3 is 15.0 Å². The molecule has 0 radical (unpaired) electrons. The minimum Gasteiger partial charge on any atom is -0.452 e. The topological polar surface area (TPSA) is 75.7 Å². The van der Waals surface area contributed by atoms with Gasteiger partial charge in [0.15, 0.2) is 6.10 Å². The SMILES string of the molecule is C[C@@H](OC(=O)[C@H]1CC(=O)N(C2CCCC2)C1)C(=O)Nc1ccc(F)c(Cl)c1. The van der Waals surface area contributed by atoms with Crippen molar-refractivity contribution in [1.29, 1.82) is 0 Å². The van der Waals surface area contributed by atoms with E-state index in [1.54, 1.807) is 4.90 Å². The van der Waals surface area contributed by atoms with Gasteiger partial charge in [-0.05, 0) is 38.0 Å². The highest BCUT2D eigenvalue weighted by atomic mass is 35.5. The average Bonchev–Trinajstić information content (AvgIpc) is 3.27. The van der Waals surface area contributed by atoms with E-state index < -0.39 is 29.7 Å². The number of rotatable bonds is 5. The minimum atomic E-state index is -1.04. The molecular formula is C19H22ClFN2O4. The Balaban J connectivity index is 1.53. The van der Waals surface area contributed by atoms with E-state index in [1.165, 1.54) is 19.1 Å². The zero-order valence-electron chi connectivity index (χ0n) is 15.0. The van der Waals surface area contributed by atoms with Crippen LogP contribution in [0, 0.1) is 11.7 Å². The molecule has 1 aliphatic carbocycles. The van der Waals surface area contributed by atoms with Crippen LogP contribution in [0.5, 0.6) is 0 Å². The Bertz CT molecular complexity index is 751. The molecule has 1 aliphatic heterocycles. The Kier molecular flexibility index (Phi) is 5.99. The van der Waals surface area contributed by atoms with Crippen molar-refractivity contribution in [2.45, 2.75) is 51.2 Å². The minimum absolute atomic E-state index is 0.0260. The van der Waals surface area contributed by atoms with Crippen molar-refractivity contribution >= 4 is 35.1 Å². The Morgan fingerprint density at radius 3 is 2.70 bits per heavy atom. The predicted octanol–water partition coefficient (Wildman–Crippen LogP) is 3.14. The quantitative estimate of drug-likeness (QED) is 0.776. The third kappa shape index (κ3) is 4.58. The van der Waals surface area contributed by atoms with Crippen LogP contribution in [0.2, 0.25) is 5.02 Å². The lowest BCUT2D eigenvalue weighted by Gasteiger charge is -2.24. The molecule has 2 aliphatic rings. The summed E-state index contributed by atoms with van der Waals surface area (Å²) in [6, 6.07) is 4.00. The fourth-order valence-electron chi connectivity index (χ4n) is 3.60. The summed E-state index contributed by atoms with van der Waals surface area (Å²) < 4.78 is 18.4. The number of likely N-dealkylation sites (tertiary alicyclic amines) is 1. The smallest absolute Gasteiger partial charge is 0.312 e. The summed E-state index contributed by atoms with van der Waals surface area (Å²) in [6.45, 7) is 1.80. The van der Waals surface area contributed by atoms with E-state index in [0.717, 1.165) is 31.7 Å². The highest BCUT2D eigenvalue weighted by Crippen LogP contribution is 2.30. The van der Waals surface area contributed by atoms with Crippen LogP contribution < -0.4 is 5.32 Å². The van der Waals surface area contributed by atoms with Gasteiger partial charge in [0.05, 0.1) is 10.9 Å². The van der Waals surface area contributed by atoms with Crippen LogP contribution in [-0.2, 0) is 19.1 Å². The largest absolute Gasteiger partial charge is 0.452 e. The van der Waals surface area contributed by atoms with Crippen molar-refractivity contribution in [3.63, 3.8) is 0 Å². The summed E-state index contributed by atoms with van der Waals surface area (Å²) in [4.78, 5) is 38.5. The molecule has 27 heavy (non-hydrogen) atoms. The number of anilines is 1. The molecular weight excluding hydrogens is 375 g/mol. The molecule has 0 unspecified atom stereocenters. The maximum atomic E-state index is 13.2. The van der Waals surface area contributed by atoms with Crippen LogP contribution in [-0.4, -0.2) is 41.4 Å². The summed E-state index contributed by atoms with van der Waals surface area (Å²) in [5.74, 6) is -2.27. The first-order chi connectivity index (χ1) is 12.8. The number of hydrogen-bond acceptors (Lipinski definition) is 4. The first-order valence-electron chi connectivity index (χ1n) is 9.11. The Labute approximate surface area is 162 Å². The van der Waals surface area contributed by atoms with Gasteiger partial charge in [-0.15, -0.1) is 0 Å². The highest BCUT2D eigenvalue weighted by Gasteiger charge is 2.40. The highest BCUT2D eigenvalue weighted by molar-refractivity contribution is 6.31. The van der Waals surface area contributed by atoms with Crippen LogP contribution in [0.4, 0.5) is 10.1 Å². The second-order valence-corrected chi connectivity index (χ2v) is 7.49. The van der Waals surface area contributed by atoms with Gasteiger partial charge in [-0.2, -0.15) is 0 Å². The number of carbonyl (C=O) groups excluding carboxylic acids is 3. The number of benzene rings is 1. The molecule has 2 amide bonds. The Morgan fingerprint density at radius 1 is 1.33 bits per heavy atom. The van der Waals surface area contributed by atoms with Crippen molar-refractivity contribution < 1.29 is 23.5 Å². The molecule has 0 spiro atoms. The van der Waals surface area contributed by atoms with Gasteiger partial charge in [0.1, 0.15) is 5.82 Å². The zero-order valence-corrected chi connectivity index (χ0v) is 15.8. The summed E-state index contributed by atoms with van der Waals surface area (Å²) >= 11 is 5.68. The van der Waals surface area contributed by atoms with E-state index >= 15 is 0 Å². The maximum Gasteiger partial charge on any atom is 0.312 e. The number of hydrogen-bond donors (Lipinski definition) is 1. The van der Waals surface area contributed by atoms with Gasteiger partial charge >= 0.3 is 5.97 Å². The number of nitrogens with zero attached hydrogens (tertiary/aromatic N) is 1. The number of ether oxygens (including phenoxy) is 1. The zero-order chi connectivity index (χ0) is 19.6. The Morgan fingerprint density at radius 2 is 2.04 bits per heavy atom. The third-order valence-electron chi connectivity index (χ3n) is 5.11. The van der Waals surface area contributed by atoms with Crippen molar-refractivity contribution in [1.82, 2.24) is 4.90 Å². The van der Waals surface area contributed by atoms with E-state index in [9.17, 15) is 18.8 Å². The van der Waals surface area contributed by atoms with Crippen LogP contribution in [0.3, 0.4) is 0 Å². The summed E-state index contributed by atoms with van der Waals surface area (Å²) in [5.41, 5.74) is 0.303. The van der Waals surface area contributed by atoms with Crippen molar-refractivity contribution in [3.05, 3.63) is 29.0 Å². The van der Waals surface area contributed by atoms with Gasteiger partial charge in [-0.25, -0.2) is 4.39 Å². The lowest BCUT2D eigenvalue weighted by Crippen LogP contribution is -2.36. The monoisotopic (exact) mass is 396 g/mol. The second kappa shape index (κ2) is 8.25. The van der Waals surface area contributed by atoms with E-state index in [4.69, 9.17) is 16.3 Å². The summed E-state index contributed by atoms with van der Waals surface area (Å²) in [6.07, 6.45) is 3.25. The first-order valence-corrected chi connectivity index (χ1v) is 9.49. The van der Waals surface area contributed by atoms with Crippen molar-refractivity contribution in [2.24, 2.45) is 5.92 Å². The van der Waals surface area contributed by atoms with Gasteiger partial charge in [-0.1, -0.05) is 24.4 Å².